The molecular weight excluding hydrogens is 476 g/mol. The van der Waals surface area contributed by atoms with E-state index in [0.717, 1.165) is 42.8 Å². The summed E-state index contributed by atoms with van der Waals surface area (Å²) in [5.74, 6) is 1.39. The molecule has 1 unspecified atom stereocenters. The van der Waals surface area contributed by atoms with Crippen molar-refractivity contribution in [2.45, 2.75) is 25.2 Å². The average molecular weight is 507 g/mol. The normalized spacial score (nSPS) is 17.1. The molecule has 0 radical (unpaired) electrons. The number of ether oxygens (including phenoxy) is 1. The van der Waals surface area contributed by atoms with Crippen LogP contribution in [-0.2, 0) is 6.54 Å². The van der Waals surface area contributed by atoms with E-state index in [2.05, 4.69) is 44.5 Å². The summed E-state index contributed by atoms with van der Waals surface area (Å²) in [6.45, 7) is 3.11. The van der Waals surface area contributed by atoms with Crippen LogP contribution >= 0.6 is 11.6 Å². The van der Waals surface area contributed by atoms with Gasteiger partial charge in [-0.2, -0.15) is 0 Å². The largest absolute Gasteiger partial charge is 0.489 e. The van der Waals surface area contributed by atoms with Crippen LogP contribution < -0.4 is 10.1 Å². The molecule has 188 valence electrons. The molecule has 9 heteroatoms. The molecule has 0 saturated carbocycles. The fourth-order valence-corrected chi connectivity index (χ4v) is 4.57. The molecule has 1 aliphatic heterocycles. The molecule has 2 aromatic carbocycles. The summed E-state index contributed by atoms with van der Waals surface area (Å²) in [4.78, 5) is 16.8. The predicted molar refractivity (Wildman–Crippen MR) is 143 cm³/mol. The summed E-state index contributed by atoms with van der Waals surface area (Å²) in [6.07, 6.45) is 2.04. The number of nitrogens with zero attached hydrogens (tertiary/aromatic N) is 4. The molecule has 0 amide bonds. The van der Waals surface area contributed by atoms with Crippen LogP contribution in [0.2, 0.25) is 5.02 Å². The molecule has 5 rings (SSSR count). The van der Waals surface area contributed by atoms with Gasteiger partial charge in [0.1, 0.15) is 29.9 Å². The van der Waals surface area contributed by atoms with E-state index in [1.165, 1.54) is 5.56 Å². The standard InChI is InChI=1S/C27H31ClN6O2/c1-33(2)23(35)17-36-21-10-8-19(9-11-21)26-31-25-24(22(28)14-29-27(25)32-26)30-20-12-13-34(16-20)15-18-6-4-3-5-7-18/h3-11,14,20,23,35H,12-13,15-17H2,1-2H3,(H2,29,30,31,32)/t20-,23?/m0/s1. The molecular formula is C27H31ClN6O2. The third-order valence-electron chi connectivity index (χ3n) is 6.46. The Labute approximate surface area is 215 Å². The lowest BCUT2D eigenvalue weighted by atomic mass is 10.2. The fourth-order valence-electron chi connectivity index (χ4n) is 4.37. The Morgan fingerprint density at radius 2 is 1.97 bits per heavy atom. The molecule has 36 heavy (non-hydrogen) atoms. The first-order valence-corrected chi connectivity index (χ1v) is 12.5. The van der Waals surface area contributed by atoms with E-state index in [4.69, 9.17) is 21.3 Å². The molecule has 2 atom stereocenters. The maximum Gasteiger partial charge on any atom is 0.159 e. The highest BCUT2D eigenvalue weighted by molar-refractivity contribution is 6.34. The molecule has 0 aliphatic carbocycles. The Morgan fingerprint density at radius 1 is 1.19 bits per heavy atom. The number of pyridine rings is 1. The molecule has 1 aliphatic rings. The van der Waals surface area contributed by atoms with Gasteiger partial charge in [-0.1, -0.05) is 41.9 Å². The molecule has 1 saturated heterocycles. The Hall–Kier alpha value is -3.17. The smallest absolute Gasteiger partial charge is 0.159 e. The van der Waals surface area contributed by atoms with Gasteiger partial charge < -0.3 is 20.1 Å². The van der Waals surface area contributed by atoms with E-state index in [-0.39, 0.29) is 12.6 Å². The first-order chi connectivity index (χ1) is 17.5. The quantitative estimate of drug-likeness (QED) is 0.293. The number of imidazole rings is 1. The van der Waals surface area contributed by atoms with E-state index in [9.17, 15) is 5.11 Å². The number of halogens is 1. The topological polar surface area (TPSA) is 89.5 Å². The van der Waals surface area contributed by atoms with Crippen molar-refractivity contribution in [3.63, 3.8) is 0 Å². The van der Waals surface area contributed by atoms with Gasteiger partial charge in [0.25, 0.3) is 0 Å². The zero-order valence-electron chi connectivity index (χ0n) is 20.5. The van der Waals surface area contributed by atoms with Crippen LogP contribution in [0.3, 0.4) is 0 Å². The molecule has 3 heterocycles. The summed E-state index contributed by atoms with van der Waals surface area (Å²) in [6, 6.07) is 18.4. The highest BCUT2D eigenvalue weighted by atomic mass is 35.5. The summed E-state index contributed by atoms with van der Waals surface area (Å²) >= 11 is 6.57. The first-order valence-electron chi connectivity index (χ1n) is 12.1. The van der Waals surface area contributed by atoms with Gasteiger partial charge in [-0.3, -0.25) is 9.80 Å². The first kappa shape index (κ1) is 24.5. The number of benzene rings is 2. The van der Waals surface area contributed by atoms with Crippen LogP contribution in [0.5, 0.6) is 5.75 Å². The van der Waals surface area contributed by atoms with Gasteiger partial charge in [-0.05, 0) is 50.3 Å². The summed E-state index contributed by atoms with van der Waals surface area (Å²) < 4.78 is 5.67. The van der Waals surface area contributed by atoms with Crippen molar-refractivity contribution >= 4 is 28.5 Å². The second-order valence-corrected chi connectivity index (χ2v) is 9.80. The van der Waals surface area contributed by atoms with Gasteiger partial charge >= 0.3 is 0 Å². The monoisotopic (exact) mass is 506 g/mol. The number of hydrogen-bond acceptors (Lipinski definition) is 7. The number of likely N-dealkylation sites (N-methyl/N-ethyl adjacent to an activating group) is 1. The molecule has 3 N–H and O–H groups in total. The molecule has 0 spiro atoms. The van der Waals surface area contributed by atoms with E-state index in [1.807, 2.05) is 30.3 Å². The van der Waals surface area contributed by atoms with Crippen LogP contribution in [0.15, 0.2) is 60.8 Å². The number of aromatic amines is 1. The molecule has 4 aromatic rings. The van der Waals surface area contributed by atoms with E-state index < -0.39 is 6.23 Å². The van der Waals surface area contributed by atoms with Crippen molar-refractivity contribution < 1.29 is 9.84 Å². The second-order valence-electron chi connectivity index (χ2n) is 9.39. The number of aliphatic hydroxyl groups is 1. The van der Waals surface area contributed by atoms with Gasteiger partial charge in [-0.25, -0.2) is 9.97 Å². The lowest BCUT2D eigenvalue weighted by molar-refractivity contribution is 0.00188. The highest BCUT2D eigenvalue weighted by Gasteiger charge is 2.24. The third kappa shape index (κ3) is 5.63. The number of H-pyrrole nitrogens is 1. The van der Waals surface area contributed by atoms with Crippen molar-refractivity contribution in [1.82, 2.24) is 24.8 Å². The molecule has 0 bridgehead atoms. The van der Waals surface area contributed by atoms with Gasteiger partial charge in [0.05, 0.1) is 16.9 Å². The van der Waals surface area contributed by atoms with Crippen molar-refractivity contribution in [3.8, 4) is 17.1 Å². The second kappa shape index (κ2) is 10.8. The number of hydrogen-bond donors (Lipinski definition) is 3. The maximum absolute atomic E-state index is 9.89. The number of aliphatic hydroxyl groups excluding tert-OH is 1. The van der Waals surface area contributed by atoms with Gasteiger partial charge in [0.2, 0.25) is 0 Å². The zero-order chi connectivity index (χ0) is 25.1. The lowest BCUT2D eigenvalue weighted by Crippen LogP contribution is -2.33. The van der Waals surface area contributed by atoms with Crippen molar-refractivity contribution in [2.75, 3.05) is 39.1 Å². The molecule has 8 nitrogen and oxygen atoms in total. The van der Waals surface area contributed by atoms with Crippen molar-refractivity contribution in [3.05, 3.63) is 71.4 Å². The number of fused-ring (bicyclic) bond motifs is 1. The van der Waals surface area contributed by atoms with Gasteiger partial charge in [-0.15, -0.1) is 0 Å². The minimum atomic E-state index is -0.660. The van der Waals surface area contributed by atoms with E-state index >= 15 is 0 Å². The van der Waals surface area contributed by atoms with Gasteiger partial charge in [0.15, 0.2) is 5.65 Å². The van der Waals surface area contributed by atoms with Crippen molar-refractivity contribution in [1.29, 1.82) is 0 Å². The minimum absolute atomic E-state index is 0.193. The lowest BCUT2D eigenvalue weighted by Gasteiger charge is -2.18. The van der Waals surface area contributed by atoms with Crippen LogP contribution in [-0.4, -0.2) is 75.9 Å². The number of nitrogens with one attached hydrogen (secondary N) is 2. The van der Waals surface area contributed by atoms with Gasteiger partial charge in [0, 0.05) is 31.2 Å². The van der Waals surface area contributed by atoms with Crippen LogP contribution in [0.4, 0.5) is 5.69 Å². The molecule has 2 aromatic heterocycles. The summed E-state index contributed by atoms with van der Waals surface area (Å²) in [7, 11) is 3.60. The van der Waals surface area contributed by atoms with E-state index in [0.29, 0.717) is 22.2 Å². The highest BCUT2D eigenvalue weighted by Crippen LogP contribution is 2.32. The molecule has 1 fully saturated rings. The van der Waals surface area contributed by atoms with Crippen LogP contribution in [0.25, 0.3) is 22.6 Å². The third-order valence-corrected chi connectivity index (χ3v) is 6.75. The van der Waals surface area contributed by atoms with Crippen LogP contribution in [0.1, 0.15) is 12.0 Å². The Morgan fingerprint density at radius 3 is 2.72 bits per heavy atom. The Balaban J connectivity index is 1.28. The predicted octanol–water partition coefficient (Wildman–Crippen LogP) is 4.22. The van der Waals surface area contributed by atoms with Crippen molar-refractivity contribution in [2.24, 2.45) is 0 Å². The zero-order valence-corrected chi connectivity index (χ0v) is 21.2. The number of aromatic nitrogens is 3. The van der Waals surface area contributed by atoms with E-state index in [1.54, 1.807) is 25.2 Å². The average Bonchev–Trinajstić information content (AvgIpc) is 3.52. The maximum atomic E-state index is 9.89. The Kier molecular flexibility index (Phi) is 7.38. The number of anilines is 1. The number of likely N-dealkylation sites (tertiary alicyclic amines) is 1. The Bertz CT molecular complexity index is 1300. The summed E-state index contributed by atoms with van der Waals surface area (Å²) in [5.41, 5.74) is 4.46. The number of rotatable bonds is 9. The SMILES string of the molecule is CN(C)C(O)COc1ccc(-c2nc3c(N[C@H]4CCN(Cc5ccccc5)C4)c(Cl)cnc3[nH]2)cc1. The minimum Gasteiger partial charge on any atom is -0.489 e. The fraction of sp³-hybridized carbons (Fsp3) is 0.333. The summed E-state index contributed by atoms with van der Waals surface area (Å²) in [5, 5.41) is 14.1. The van der Waals surface area contributed by atoms with Crippen LogP contribution in [0, 0.1) is 0 Å².